The first kappa shape index (κ1) is 27.8. The lowest BCUT2D eigenvalue weighted by Crippen LogP contribution is -2.44. The van der Waals surface area contributed by atoms with Crippen LogP contribution in [-0.4, -0.2) is 53.7 Å². The number of carbonyl (C=O) groups is 3. The van der Waals surface area contributed by atoms with Crippen molar-refractivity contribution in [3.05, 3.63) is 29.8 Å². The number of hydrogen-bond acceptors (Lipinski definition) is 7. The molecule has 0 radical (unpaired) electrons. The predicted octanol–water partition coefficient (Wildman–Crippen LogP) is 3.49. The zero-order valence-electron chi connectivity index (χ0n) is 20.7. The third-order valence-electron chi connectivity index (χ3n) is 6.35. The van der Waals surface area contributed by atoms with Gasteiger partial charge in [-0.2, -0.15) is 0 Å². The van der Waals surface area contributed by atoms with Crippen LogP contribution in [0.5, 0.6) is 0 Å². The molecule has 3 N–H and O–H groups in total. The third kappa shape index (κ3) is 8.40. The minimum Gasteiger partial charge on any atom is -0.395 e. The molecule has 0 spiro atoms. The molecule has 34 heavy (non-hydrogen) atoms. The van der Waals surface area contributed by atoms with Crippen molar-refractivity contribution < 1.29 is 24.3 Å². The second kappa shape index (κ2) is 14.7. The largest absolute Gasteiger partial charge is 0.395 e. The number of nitrogens with zero attached hydrogens (tertiary/aromatic N) is 2. The van der Waals surface area contributed by atoms with Crippen molar-refractivity contribution in [1.29, 1.82) is 0 Å². The summed E-state index contributed by atoms with van der Waals surface area (Å²) in [7, 11) is 1.81. The third-order valence-corrected chi connectivity index (χ3v) is 6.35. The van der Waals surface area contributed by atoms with Gasteiger partial charge in [-0.3, -0.25) is 9.59 Å². The minimum atomic E-state index is -0.659. The van der Waals surface area contributed by atoms with Gasteiger partial charge < -0.3 is 20.6 Å². The molecule has 1 aliphatic heterocycles. The summed E-state index contributed by atoms with van der Waals surface area (Å²) in [5, 5.41) is 10.0. The molecule has 2 rings (SSSR count). The normalized spacial score (nSPS) is 15.5. The van der Waals surface area contributed by atoms with Gasteiger partial charge >= 0.3 is 5.97 Å². The highest BCUT2D eigenvalue weighted by atomic mass is 16.7. The number of likely N-dealkylation sites (N-methyl/N-ethyl adjacent to an activating group) is 1. The fourth-order valence-electron chi connectivity index (χ4n) is 4.29. The van der Waals surface area contributed by atoms with Crippen LogP contribution in [0.4, 0.5) is 5.69 Å². The number of nitrogens with two attached hydrogens (primary N) is 1. The zero-order chi connectivity index (χ0) is 24.9. The van der Waals surface area contributed by atoms with E-state index in [-0.39, 0.29) is 19.4 Å². The lowest BCUT2D eigenvalue weighted by Gasteiger charge is -2.31. The van der Waals surface area contributed by atoms with Crippen molar-refractivity contribution in [1.82, 2.24) is 5.06 Å². The maximum atomic E-state index is 13.2. The monoisotopic (exact) mass is 475 g/mol. The number of hydrogen-bond donors (Lipinski definition) is 2. The Bertz CT molecular complexity index is 784. The molecule has 0 saturated carbocycles. The van der Waals surface area contributed by atoms with Crippen LogP contribution in [0.15, 0.2) is 24.3 Å². The maximum Gasteiger partial charge on any atom is 0.355 e. The predicted molar refractivity (Wildman–Crippen MR) is 132 cm³/mol. The van der Waals surface area contributed by atoms with Gasteiger partial charge in [0.2, 0.25) is 0 Å². The van der Waals surface area contributed by atoms with Crippen LogP contribution < -0.4 is 10.6 Å². The van der Waals surface area contributed by atoms with Gasteiger partial charge in [-0.1, -0.05) is 76.5 Å². The Balaban J connectivity index is 2.09. The molecule has 1 unspecified atom stereocenters. The van der Waals surface area contributed by atoms with E-state index in [2.05, 4.69) is 6.92 Å². The highest BCUT2D eigenvalue weighted by Gasteiger charge is 2.36. The summed E-state index contributed by atoms with van der Waals surface area (Å²) >= 11 is 0. The highest BCUT2D eigenvalue weighted by Crippen LogP contribution is 2.26. The van der Waals surface area contributed by atoms with E-state index in [9.17, 15) is 19.5 Å². The minimum absolute atomic E-state index is 0.0620. The fourth-order valence-corrected chi connectivity index (χ4v) is 4.29. The van der Waals surface area contributed by atoms with E-state index in [0.29, 0.717) is 17.9 Å². The summed E-state index contributed by atoms with van der Waals surface area (Å²) < 4.78 is 0. The lowest BCUT2D eigenvalue weighted by atomic mass is 10.0. The average Bonchev–Trinajstić information content (AvgIpc) is 3.15. The van der Waals surface area contributed by atoms with Gasteiger partial charge in [0.15, 0.2) is 0 Å². The average molecular weight is 476 g/mol. The molecule has 8 nitrogen and oxygen atoms in total. The van der Waals surface area contributed by atoms with Crippen molar-refractivity contribution in [2.75, 3.05) is 18.6 Å². The van der Waals surface area contributed by atoms with Crippen molar-refractivity contribution >= 4 is 23.5 Å². The van der Waals surface area contributed by atoms with Crippen molar-refractivity contribution in [2.45, 2.75) is 96.1 Å². The second-order valence-corrected chi connectivity index (χ2v) is 9.16. The standard InChI is InChI=1S/C26H41N3O5/c1-3-4-5-6-7-8-9-10-15-23(26(33)34-29-24(31)16-17-25(29)32)28(2)22-14-12-11-13-20(22)18-21(27)19-30/h11-14,21,23,30H,3-10,15-19,27H2,1-2H3/t21?,23-/m0/s1. The van der Waals surface area contributed by atoms with Gasteiger partial charge in [0.05, 0.1) is 6.61 Å². The number of carbonyl (C=O) groups excluding carboxylic acids is 3. The number of anilines is 1. The quantitative estimate of drug-likeness (QED) is 0.278. The van der Waals surface area contributed by atoms with E-state index in [1.807, 2.05) is 36.2 Å². The molecule has 2 amide bonds. The zero-order valence-corrected chi connectivity index (χ0v) is 20.7. The van der Waals surface area contributed by atoms with E-state index in [0.717, 1.165) is 30.5 Å². The molecule has 0 aromatic heterocycles. The maximum absolute atomic E-state index is 13.2. The molecule has 8 heteroatoms. The van der Waals surface area contributed by atoms with Crippen LogP contribution in [0.25, 0.3) is 0 Å². The van der Waals surface area contributed by atoms with Crippen molar-refractivity contribution in [3.63, 3.8) is 0 Å². The van der Waals surface area contributed by atoms with Gasteiger partial charge in [0.1, 0.15) is 6.04 Å². The Kier molecular flexibility index (Phi) is 12.0. The summed E-state index contributed by atoms with van der Waals surface area (Å²) in [6.45, 7) is 2.07. The summed E-state index contributed by atoms with van der Waals surface area (Å²) in [4.78, 5) is 44.2. The van der Waals surface area contributed by atoms with Crippen molar-refractivity contribution in [2.24, 2.45) is 5.73 Å². The number of unbranched alkanes of at least 4 members (excludes halogenated alkanes) is 7. The topological polar surface area (TPSA) is 113 Å². The van der Waals surface area contributed by atoms with Crippen molar-refractivity contribution in [3.8, 4) is 0 Å². The number of aliphatic hydroxyl groups excluding tert-OH is 1. The number of amides is 2. The Morgan fingerprint density at radius 3 is 2.26 bits per heavy atom. The van der Waals surface area contributed by atoms with Crippen LogP contribution in [0.1, 0.15) is 83.1 Å². The Hall–Kier alpha value is -2.45. The molecule has 1 aromatic rings. The van der Waals surface area contributed by atoms with E-state index >= 15 is 0 Å². The van der Waals surface area contributed by atoms with Crippen LogP contribution in [0, 0.1) is 0 Å². The number of aliphatic hydroxyl groups is 1. The molecule has 1 aromatic carbocycles. The molecule has 1 heterocycles. The molecule has 1 fully saturated rings. The number of hydroxylamine groups is 2. The summed E-state index contributed by atoms with van der Waals surface area (Å²) in [6.07, 6.45) is 10.2. The summed E-state index contributed by atoms with van der Waals surface area (Å²) in [5.41, 5.74) is 7.69. The van der Waals surface area contributed by atoms with Crippen LogP contribution >= 0.6 is 0 Å². The fraction of sp³-hybridized carbons (Fsp3) is 0.654. The molecule has 2 atom stereocenters. The smallest absolute Gasteiger partial charge is 0.355 e. The van der Waals surface area contributed by atoms with Gasteiger partial charge in [-0.05, 0) is 24.5 Å². The van der Waals surface area contributed by atoms with Gasteiger partial charge in [0.25, 0.3) is 11.8 Å². The van der Waals surface area contributed by atoms with Crippen LogP contribution in [-0.2, 0) is 25.6 Å². The number of rotatable bonds is 16. The molecule has 1 aliphatic rings. The van der Waals surface area contributed by atoms with Crippen LogP contribution in [0.3, 0.4) is 0 Å². The molecule has 0 aliphatic carbocycles. The van der Waals surface area contributed by atoms with Gasteiger partial charge in [0, 0.05) is 31.6 Å². The highest BCUT2D eigenvalue weighted by molar-refractivity contribution is 6.01. The lowest BCUT2D eigenvalue weighted by molar-refractivity contribution is -0.198. The van der Waals surface area contributed by atoms with E-state index < -0.39 is 29.9 Å². The first-order valence-electron chi connectivity index (χ1n) is 12.6. The second-order valence-electron chi connectivity index (χ2n) is 9.16. The number of para-hydroxylation sites is 1. The first-order valence-corrected chi connectivity index (χ1v) is 12.6. The van der Waals surface area contributed by atoms with Crippen LogP contribution in [0.2, 0.25) is 0 Å². The molecular weight excluding hydrogens is 434 g/mol. The summed E-state index contributed by atoms with van der Waals surface area (Å²) in [5.74, 6) is -1.59. The number of imide groups is 1. The molecule has 1 saturated heterocycles. The molecule has 0 bridgehead atoms. The Labute approximate surface area is 203 Å². The number of benzene rings is 1. The summed E-state index contributed by atoms with van der Waals surface area (Å²) in [6, 6.07) is 6.53. The van der Waals surface area contributed by atoms with E-state index in [4.69, 9.17) is 10.6 Å². The SMILES string of the molecule is CCCCCCCCCC[C@@H](C(=O)ON1C(=O)CCC1=O)N(C)c1ccccc1CC(N)CO. The van der Waals surface area contributed by atoms with Gasteiger partial charge in [-0.15, -0.1) is 5.06 Å². The Morgan fingerprint density at radius 2 is 1.65 bits per heavy atom. The Morgan fingerprint density at radius 1 is 1.06 bits per heavy atom. The molecule has 190 valence electrons. The van der Waals surface area contributed by atoms with E-state index in [1.54, 1.807) is 0 Å². The first-order chi connectivity index (χ1) is 16.4. The van der Waals surface area contributed by atoms with E-state index in [1.165, 1.54) is 32.1 Å². The van der Waals surface area contributed by atoms with Gasteiger partial charge in [-0.25, -0.2) is 4.79 Å². The molecular formula is C26H41N3O5.